The highest BCUT2D eigenvalue weighted by Crippen LogP contribution is 2.33. The molecule has 0 saturated carbocycles. The summed E-state index contributed by atoms with van der Waals surface area (Å²) in [5, 5.41) is 6.01. The van der Waals surface area contributed by atoms with Crippen molar-refractivity contribution in [2.45, 2.75) is 25.9 Å². The molecule has 2 N–H and O–H groups in total. The molecule has 0 spiro atoms. The van der Waals surface area contributed by atoms with E-state index in [4.69, 9.17) is 23.8 Å². The average Bonchev–Trinajstić information content (AvgIpc) is 2.31. The number of nitrogens with one attached hydrogen (secondary N) is 2. The Morgan fingerprint density at radius 3 is 2.63 bits per heavy atom. The minimum atomic E-state index is -4.40. The molecular weight excluding hydrogens is 297 g/mol. The number of hydrogen-bond acceptors (Lipinski definition) is 1. The van der Waals surface area contributed by atoms with Crippen molar-refractivity contribution in [3.05, 3.63) is 28.8 Å². The molecular formula is C12H14ClF3N2S. The van der Waals surface area contributed by atoms with E-state index in [9.17, 15) is 13.2 Å². The molecule has 0 radical (unpaired) electrons. The lowest BCUT2D eigenvalue weighted by Gasteiger charge is -2.14. The number of unbranched alkanes of at least 4 members (excludes halogenated alkanes) is 1. The summed E-state index contributed by atoms with van der Waals surface area (Å²) in [6.07, 6.45) is -2.48. The van der Waals surface area contributed by atoms with E-state index in [0.29, 0.717) is 6.54 Å². The number of rotatable bonds is 4. The van der Waals surface area contributed by atoms with Crippen molar-refractivity contribution in [1.82, 2.24) is 5.32 Å². The van der Waals surface area contributed by atoms with Crippen molar-refractivity contribution in [3.63, 3.8) is 0 Å². The SMILES string of the molecule is CCCCNC(=S)Nc1cc(C(F)(F)F)ccc1Cl. The van der Waals surface area contributed by atoms with Crippen LogP contribution in [0.3, 0.4) is 0 Å². The lowest BCUT2D eigenvalue weighted by molar-refractivity contribution is -0.137. The zero-order chi connectivity index (χ0) is 14.5. The molecule has 1 aromatic carbocycles. The Hall–Kier alpha value is -1.01. The van der Waals surface area contributed by atoms with E-state index in [1.54, 1.807) is 0 Å². The predicted molar refractivity (Wildman–Crippen MR) is 75.6 cm³/mol. The molecule has 1 rings (SSSR count). The van der Waals surface area contributed by atoms with Crippen LogP contribution < -0.4 is 10.6 Å². The van der Waals surface area contributed by atoms with Crippen LogP contribution in [-0.2, 0) is 6.18 Å². The maximum absolute atomic E-state index is 12.6. The van der Waals surface area contributed by atoms with E-state index >= 15 is 0 Å². The van der Waals surface area contributed by atoms with E-state index in [1.807, 2.05) is 6.92 Å². The summed E-state index contributed by atoms with van der Waals surface area (Å²) >= 11 is 10.8. The van der Waals surface area contributed by atoms with E-state index in [-0.39, 0.29) is 15.8 Å². The molecule has 0 saturated heterocycles. The van der Waals surface area contributed by atoms with Gasteiger partial charge in [-0.1, -0.05) is 24.9 Å². The summed E-state index contributed by atoms with van der Waals surface area (Å²) in [6.45, 7) is 2.70. The van der Waals surface area contributed by atoms with Crippen LogP contribution >= 0.6 is 23.8 Å². The first-order valence-corrected chi connectivity index (χ1v) is 6.54. The minimum absolute atomic E-state index is 0.144. The van der Waals surface area contributed by atoms with Gasteiger partial charge in [0.15, 0.2) is 5.11 Å². The number of anilines is 1. The van der Waals surface area contributed by atoms with Crippen molar-refractivity contribution >= 4 is 34.6 Å². The zero-order valence-electron chi connectivity index (χ0n) is 10.3. The van der Waals surface area contributed by atoms with Gasteiger partial charge in [-0.05, 0) is 36.8 Å². The van der Waals surface area contributed by atoms with Crippen LogP contribution in [0.5, 0.6) is 0 Å². The molecule has 2 nitrogen and oxygen atoms in total. The van der Waals surface area contributed by atoms with Crippen LogP contribution in [-0.4, -0.2) is 11.7 Å². The number of benzene rings is 1. The minimum Gasteiger partial charge on any atom is -0.362 e. The maximum Gasteiger partial charge on any atom is 0.416 e. The molecule has 0 aromatic heterocycles. The molecule has 0 aliphatic rings. The first kappa shape index (κ1) is 16.0. The fourth-order valence-electron chi connectivity index (χ4n) is 1.34. The standard InChI is InChI=1S/C12H14ClF3N2S/c1-2-3-6-17-11(19)18-10-7-8(12(14,15)16)4-5-9(10)13/h4-5,7H,2-3,6H2,1H3,(H2,17,18,19). The topological polar surface area (TPSA) is 24.1 Å². The van der Waals surface area contributed by atoms with Crippen molar-refractivity contribution in [2.75, 3.05) is 11.9 Å². The Bertz CT molecular complexity index is 449. The maximum atomic E-state index is 12.6. The molecule has 0 bridgehead atoms. The van der Waals surface area contributed by atoms with E-state index in [0.717, 1.165) is 25.0 Å². The average molecular weight is 311 g/mol. The van der Waals surface area contributed by atoms with Crippen LogP contribution in [0.4, 0.5) is 18.9 Å². The summed E-state index contributed by atoms with van der Waals surface area (Å²) in [4.78, 5) is 0. The second-order valence-electron chi connectivity index (χ2n) is 3.93. The number of alkyl halides is 3. The molecule has 0 aliphatic heterocycles. The van der Waals surface area contributed by atoms with E-state index in [1.165, 1.54) is 6.07 Å². The molecule has 0 heterocycles. The fourth-order valence-corrected chi connectivity index (χ4v) is 1.72. The third kappa shape index (κ3) is 5.24. The second kappa shape index (κ2) is 6.96. The Kier molecular flexibility index (Phi) is 5.87. The molecule has 0 unspecified atom stereocenters. The molecule has 19 heavy (non-hydrogen) atoms. The Balaban J connectivity index is 2.74. The van der Waals surface area contributed by atoms with Gasteiger partial charge in [0.2, 0.25) is 0 Å². The van der Waals surface area contributed by atoms with Crippen molar-refractivity contribution < 1.29 is 13.2 Å². The summed E-state index contributed by atoms with van der Waals surface area (Å²) < 4.78 is 37.7. The van der Waals surface area contributed by atoms with Crippen molar-refractivity contribution in [2.24, 2.45) is 0 Å². The monoisotopic (exact) mass is 310 g/mol. The number of hydrogen-bond donors (Lipinski definition) is 2. The predicted octanol–water partition coefficient (Wildman–Crippen LogP) is 4.45. The zero-order valence-corrected chi connectivity index (χ0v) is 11.8. The molecule has 7 heteroatoms. The van der Waals surface area contributed by atoms with Gasteiger partial charge in [0, 0.05) is 6.54 Å². The lowest BCUT2D eigenvalue weighted by Crippen LogP contribution is -2.29. The van der Waals surface area contributed by atoms with E-state index in [2.05, 4.69) is 10.6 Å². The summed E-state index contributed by atoms with van der Waals surface area (Å²) in [6, 6.07) is 3.07. The van der Waals surface area contributed by atoms with Crippen LogP contribution in [0, 0.1) is 0 Å². The van der Waals surface area contributed by atoms with Crippen molar-refractivity contribution in [1.29, 1.82) is 0 Å². The Morgan fingerprint density at radius 1 is 1.37 bits per heavy atom. The normalized spacial score (nSPS) is 11.2. The van der Waals surface area contributed by atoms with Gasteiger partial charge in [0.25, 0.3) is 0 Å². The molecule has 0 fully saturated rings. The van der Waals surface area contributed by atoms with Gasteiger partial charge in [-0.2, -0.15) is 13.2 Å². The fraction of sp³-hybridized carbons (Fsp3) is 0.417. The second-order valence-corrected chi connectivity index (χ2v) is 4.74. The van der Waals surface area contributed by atoms with E-state index < -0.39 is 11.7 Å². The first-order valence-electron chi connectivity index (χ1n) is 5.76. The van der Waals surface area contributed by atoms with Gasteiger partial charge >= 0.3 is 6.18 Å². The van der Waals surface area contributed by atoms with Gasteiger partial charge in [0.1, 0.15) is 0 Å². The van der Waals surface area contributed by atoms with Crippen LogP contribution in [0.2, 0.25) is 5.02 Å². The van der Waals surface area contributed by atoms with Crippen LogP contribution in [0.15, 0.2) is 18.2 Å². The first-order chi connectivity index (χ1) is 8.84. The largest absolute Gasteiger partial charge is 0.416 e. The third-order valence-electron chi connectivity index (χ3n) is 2.36. The third-order valence-corrected chi connectivity index (χ3v) is 2.93. The molecule has 1 aromatic rings. The molecule has 0 aliphatic carbocycles. The van der Waals surface area contributed by atoms with Gasteiger partial charge < -0.3 is 10.6 Å². The van der Waals surface area contributed by atoms with Gasteiger partial charge in [-0.3, -0.25) is 0 Å². The van der Waals surface area contributed by atoms with Gasteiger partial charge in [-0.15, -0.1) is 0 Å². The van der Waals surface area contributed by atoms with Gasteiger partial charge in [0.05, 0.1) is 16.3 Å². The van der Waals surface area contributed by atoms with Gasteiger partial charge in [-0.25, -0.2) is 0 Å². The molecule has 0 atom stereocenters. The Labute approximate surface area is 120 Å². The summed E-state index contributed by atoms with van der Waals surface area (Å²) in [5.74, 6) is 0. The smallest absolute Gasteiger partial charge is 0.362 e. The Morgan fingerprint density at radius 2 is 2.05 bits per heavy atom. The number of halogens is 4. The molecule has 106 valence electrons. The summed E-state index contributed by atoms with van der Waals surface area (Å²) in [5.41, 5.74) is -0.624. The highest BCUT2D eigenvalue weighted by molar-refractivity contribution is 7.80. The number of thiocarbonyl (C=S) groups is 1. The lowest BCUT2D eigenvalue weighted by atomic mass is 10.2. The highest BCUT2D eigenvalue weighted by atomic mass is 35.5. The van der Waals surface area contributed by atoms with Crippen LogP contribution in [0.25, 0.3) is 0 Å². The quantitative estimate of drug-likeness (QED) is 0.635. The highest BCUT2D eigenvalue weighted by Gasteiger charge is 2.31. The van der Waals surface area contributed by atoms with Crippen LogP contribution in [0.1, 0.15) is 25.3 Å². The molecule has 0 amide bonds. The van der Waals surface area contributed by atoms with Crippen molar-refractivity contribution in [3.8, 4) is 0 Å². The summed E-state index contributed by atoms with van der Waals surface area (Å²) in [7, 11) is 0.